The number of aromatic nitrogens is 6. The molecule has 0 atom stereocenters. The number of hydrogen-bond acceptors (Lipinski definition) is 6. The molecule has 0 radical (unpaired) electrons. The average molecular weight is 421 g/mol. The fraction of sp³-hybridized carbons (Fsp3) is 0.333. The molecule has 4 heterocycles. The number of carboxylic acid groups (broad SMARTS) is 1. The number of hydrogen-bond donors (Lipinski definition) is 1. The summed E-state index contributed by atoms with van der Waals surface area (Å²) < 4.78 is 16.6. The number of nitrogens with zero attached hydrogens (tertiary/aromatic N) is 7. The Bertz CT molecular complexity index is 1330. The van der Waals surface area contributed by atoms with Crippen LogP contribution in [0.4, 0.5) is 9.18 Å². The number of fused-ring (bicyclic) bond motifs is 2. The molecule has 0 bridgehead atoms. The summed E-state index contributed by atoms with van der Waals surface area (Å²) >= 11 is 0. The lowest BCUT2D eigenvalue weighted by Gasteiger charge is -2.30. The summed E-state index contributed by atoms with van der Waals surface area (Å²) in [6.45, 7) is 4.68. The minimum Gasteiger partial charge on any atom is -0.465 e. The van der Waals surface area contributed by atoms with E-state index in [1.807, 2.05) is 26.1 Å². The Labute approximate surface area is 176 Å². The van der Waals surface area contributed by atoms with Crippen molar-refractivity contribution in [2.75, 3.05) is 13.1 Å². The van der Waals surface area contributed by atoms with E-state index < -0.39 is 11.9 Å². The maximum atomic E-state index is 15.0. The van der Waals surface area contributed by atoms with Gasteiger partial charge in [0, 0.05) is 13.1 Å². The fourth-order valence-corrected chi connectivity index (χ4v) is 4.12. The Morgan fingerprint density at radius 1 is 1.13 bits per heavy atom. The zero-order valence-corrected chi connectivity index (χ0v) is 17.1. The molecule has 1 saturated heterocycles. The van der Waals surface area contributed by atoms with Gasteiger partial charge in [-0.15, -0.1) is 10.2 Å². The van der Waals surface area contributed by atoms with Crippen LogP contribution in [0.5, 0.6) is 0 Å². The van der Waals surface area contributed by atoms with Crippen LogP contribution in [0.25, 0.3) is 28.2 Å². The van der Waals surface area contributed by atoms with E-state index in [0.717, 1.165) is 22.5 Å². The number of carbonyl (C=O) groups is 1. The Morgan fingerprint density at radius 3 is 2.65 bits per heavy atom. The van der Waals surface area contributed by atoms with Gasteiger partial charge in [0.15, 0.2) is 11.5 Å². The minimum atomic E-state index is -0.918. The largest absolute Gasteiger partial charge is 0.465 e. The van der Waals surface area contributed by atoms with E-state index in [-0.39, 0.29) is 17.3 Å². The summed E-state index contributed by atoms with van der Waals surface area (Å²) in [6, 6.07) is 5.08. The monoisotopic (exact) mass is 421 g/mol. The normalized spacial score (nSPS) is 15.1. The van der Waals surface area contributed by atoms with Crippen LogP contribution < -0.4 is 0 Å². The molecule has 9 nitrogen and oxygen atoms in total. The second kappa shape index (κ2) is 7.22. The maximum absolute atomic E-state index is 15.0. The maximum Gasteiger partial charge on any atom is 0.407 e. The third-order valence-corrected chi connectivity index (χ3v) is 5.73. The number of rotatable bonds is 2. The molecule has 4 aromatic rings. The van der Waals surface area contributed by atoms with Crippen LogP contribution in [-0.2, 0) is 0 Å². The molecule has 1 aliphatic heterocycles. The number of halogens is 1. The van der Waals surface area contributed by atoms with Crippen molar-refractivity contribution in [1.82, 2.24) is 34.7 Å². The van der Waals surface area contributed by atoms with Gasteiger partial charge in [0.05, 0.1) is 11.9 Å². The number of imidazole rings is 1. The minimum absolute atomic E-state index is 0.0761. The van der Waals surface area contributed by atoms with Crippen molar-refractivity contribution < 1.29 is 14.3 Å². The van der Waals surface area contributed by atoms with Crippen molar-refractivity contribution >= 4 is 22.8 Å². The van der Waals surface area contributed by atoms with Crippen molar-refractivity contribution in [3.05, 3.63) is 47.0 Å². The van der Waals surface area contributed by atoms with Crippen molar-refractivity contribution in [1.29, 1.82) is 0 Å². The molecule has 31 heavy (non-hydrogen) atoms. The molecule has 0 unspecified atom stereocenters. The van der Waals surface area contributed by atoms with E-state index in [1.165, 1.54) is 11.0 Å². The second-order valence-corrected chi connectivity index (χ2v) is 7.91. The van der Waals surface area contributed by atoms with E-state index in [4.69, 9.17) is 5.11 Å². The van der Waals surface area contributed by atoms with Crippen LogP contribution in [0.3, 0.4) is 0 Å². The molecule has 10 heteroatoms. The van der Waals surface area contributed by atoms with Gasteiger partial charge >= 0.3 is 6.09 Å². The smallest absolute Gasteiger partial charge is 0.407 e. The molecule has 1 fully saturated rings. The van der Waals surface area contributed by atoms with E-state index in [9.17, 15) is 9.18 Å². The first-order valence-electron chi connectivity index (χ1n) is 10.0. The Hall–Kier alpha value is -3.69. The lowest BCUT2D eigenvalue weighted by Crippen LogP contribution is -2.36. The second-order valence-electron chi connectivity index (χ2n) is 7.91. The molecule has 0 spiro atoms. The van der Waals surface area contributed by atoms with Gasteiger partial charge in [-0.25, -0.2) is 23.7 Å². The summed E-state index contributed by atoms with van der Waals surface area (Å²) in [5.41, 5.74) is 4.29. The van der Waals surface area contributed by atoms with Gasteiger partial charge in [-0.05, 0) is 61.9 Å². The van der Waals surface area contributed by atoms with Crippen molar-refractivity contribution in [3.8, 4) is 11.5 Å². The SMILES string of the molecule is Cc1cn2nc(-c3nnc4cc(C5CCN(C(=O)O)CC5)cc(F)c4n3)cc(C)c2n1. The average Bonchev–Trinajstić information content (AvgIpc) is 3.14. The summed E-state index contributed by atoms with van der Waals surface area (Å²) in [5, 5.41) is 22.0. The number of likely N-dealkylation sites (tertiary alicyclic amines) is 1. The lowest BCUT2D eigenvalue weighted by atomic mass is 9.89. The third-order valence-electron chi connectivity index (χ3n) is 5.73. The molecule has 5 rings (SSSR count). The topological polar surface area (TPSA) is 109 Å². The van der Waals surface area contributed by atoms with Gasteiger partial charge in [0.25, 0.3) is 0 Å². The van der Waals surface area contributed by atoms with Crippen LogP contribution in [0.2, 0.25) is 0 Å². The molecule has 0 aliphatic carbocycles. The van der Waals surface area contributed by atoms with Crippen LogP contribution in [-0.4, -0.2) is 59.0 Å². The first kappa shape index (κ1) is 19.3. The predicted molar refractivity (Wildman–Crippen MR) is 110 cm³/mol. The number of piperidine rings is 1. The summed E-state index contributed by atoms with van der Waals surface area (Å²) in [7, 11) is 0. The van der Waals surface area contributed by atoms with Crippen LogP contribution in [0.15, 0.2) is 24.4 Å². The van der Waals surface area contributed by atoms with Gasteiger partial charge in [-0.3, -0.25) is 0 Å². The van der Waals surface area contributed by atoms with Crippen LogP contribution >= 0.6 is 0 Å². The number of benzene rings is 1. The highest BCUT2D eigenvalue weighted by Gasteiger charge is 2.25. The standard InChI is InChI=1S/C21H20FN7O2/c1-11-7-17(27-29-10-12(2)23-20(11)29)19-24-18-15(22)8-14(9-16(18)25-26-19)13-3-5-28(6-4-13)21(30)31/h7-10,13H,3-6H2,1-2H3,(H,30,31). The Morgan fingerprint density at radius 2 is 1.90 bits per heavy atom. The Kier molecular flexibility index (Phi) is 4.49. The van der Waals surface area contributed by atoms with Gasteiger partial charge in [0.2, 0.25) is 5.82 Å². The third kappa shape index (κ3) is 3.43. The van der Waals surface area contributed by atoms with Crippen molar-refractivity contribution in [2.45, 2.75) is 32.6 Å². The van der Waals surface area contributed by atoms with Crippen LogP contribution in [0.1, 0.15) is 35.6 Å². The number of aryl methyl sites for hydroxylation is 2. The lowest BCUT2D eigenvalue weighted by molar-refractivity contribution is 0.132. The van der Waals surface area contributed by atoms with E-state index >= 15 is 0 Å². The van der Waals surface area contributed by atoms with Gasteiger partial charge in [-0.1, -0.05) is 0 Å². The predicted octanol–water partition coefficient (Wildman–Crippen LogP) is 3.35. The van der Waals surface area contributed by atoms with Crippen molar-refractivity contribution in [2.24, 2.45) is 0 Å². The van der Waals surface area contributed by atoms with Gasteiger partial charge in [-0.2, -0.15) is 5.10 Å². The fourth-order valence-electron chi connectivity index (χ4n) is 4.12. The molecule has 1 aliphatic rings. The molecule has 158 valence electrons. The molecule has 0 saturated carbocycles. The first-order valence-corrected chi connectivity index (χ1v) is 10.0. The summed E-state index contributed by atoms with van der Waals surface area (Å²) in [4.78, 5) is 21.3. The molecule has 1 aromatic carbocycles. The summed E-state index contributed by atoms with van der Waals surface area (Å²) in [6.07, 6.45) is 2.18. The molecule has 3 aromatic heterocycles. The highest BCUT2D eigenvalue weighted by molar-refractivity contribution is 5.77. The molecular weight excluding hydrogens is 401 g/mol. The van der Waals surface area contributed by atoms with Crippen LogP contribution in [0, 0.1) is 19.7 Å². The first-order chi connectivity index (χ1) is 14.9. The van der Waals surface area contributed by atoms with Gasteiger partial charge < -0.3 is 10.0 Å². The quantitative estimate of drug-likeness (QED) is 0.529. The Balaban J connectivity index is 1.49. The number of amides is 1. The van der Waals surface area contributed by atoms with E-state index in [0.29, 0.717) is 37.1 Å². The van der Waals surface area contributed by atoms with E-state index in [1.54, 1.807) is 10.6 Å². The zero-order chi connectivity index (χ0) is 21.7. The highest BCUT2D eigenvalue weighted by atomic mass is 19.1. The van der Waals surface area contributed by atoms with E-state index in [2.05, 4.69) is 25.3 Å². The van der Waals surface area contributed by atoms with Crippen molar-refractivity contribution in [3.63, 3.8) is 0 Å². The molecule has 1 amide bonds. The highest BCUT2D eigenvalue weighted by Crippen LogP contribution is 2.31. The summed E-state index contributed by atoms with van der Waals surface area (Å²) in [5.74, 6) is -0.155. The molecular formula is C21H20FN7O2. The van der Waals surface area contributed by atoms with Gasteiger partial charge in [0.1, 0.15) is 16.7 Å². The molecule has 1 N–H and O–H groups in total. The zero-order valence-electron chi connectivity index (χ0n) is 17.1.